The molecule has 4 atom stereocenters. The van der Waals surface area contributed by atoms with Gasteiger partial charge in [-0.2, -0.15) is 0 Å². The van der Waals surface area contributed by atoms with Crippen LogP contribution < -0.4 is 21.7 Å². The summed E-state index contributed by atoms with van der Waals surface area (Å²) < 4.78 is 5.55. The molecule has 1 aliphatic heterocycles. The number of ether oxygens (including phenoxy) is 1. The minimum atomic E-state index is -1.10. The van der Waals surface area contributed by atoms with Crippen LogP contribution in [0.1, 0.15) is 106 Å². The van der Waals surface area contributed by atoms with Crippen LogP contribution in [0, 0.1) is 17.3 Å². The van der Waals surface area contributed by atoms with Crippen molar-refractivity contribution in [3.8, 4) is 0 Å². The summed E-state index contributed by atoms with van der Waals surface area (Å²) in [7, 11) is 0. The van der Waals surface area contributed by atoms with Gasteiger partial charge in [0.15, 0.2) is 0 Å². The molecule has 5 amide bonds. The van der Waals surface area contributed by atoms with Crippen molar-refractivity contribution in [2.24, 2.45) is 23.0 Å². The number of urea groups is 1. The second kappa shape index (κ2) is 14.1. The van der Waals surface area contributed by atoms with Crippen LogP contribution in [0.4, 0.5) is 4.79 Å². The Hall–Kier alpha value is -3.18. The van der Waals surface area contributed by atoms with Crippen molar-refractivity contribution in [3.63, 3.8) is 0 Å². The second-order valence-corrected chi connectivity index (χ2v) is 14.5. The predicted molar refractivity (Wildman–Crippen MR) is 159 cm³/mol. The average molecular weight is 606 g/mol. The van der Waals surface area contributed by atoms with E-state index < -0.39 is 64.8 Å². The third-order valence-electron chi connectivity index (χ3n) is 8.72. The Balaban J connectivity index is 1.75. The molecule has 3 fully saturated rings. The number of ketones is 1. The van der Waals surface area contributed by atoms with Crippen LogP contribution in [0.25, 0.3) is 0 Å². The second-order valence-electron chi connectivity index (χ2n) is 14.5. The lowest BCUT2D eigenvalue weighted by Gasteiger charge is -2.35. The smallest absolute Gasteiger partial charge is 0.329 e. The fourth-order valence-electron chi connectivity index (χ4n) is 6.19. The van der Waals surface area contributed by atoms with Crippen LogP contribution in [0.5, 0.6) is 0 Å². The molecule has 0 bridgehead atoms. The number of esters is 1. The first kappa shape index (κ1) is 34.3. The number of amides is 5. The number of hydrogen-bond acceptors (Lipinski definition) is 7. The zero-order valence-corrected chi connectivity index (χ0v) is 26.6. The monoisotopic (exact) mass is 605 g/mol. The summed E-state index contributed by atoms with van der Waals surface area (Å²) in [6.45, 7) is 11.0. The van der Waals surface area contributed by atoms with E-state index in [0.29, 0.717) is 25.8 Å². The number of nitrogens with one attached hydrogen (secondary N) is 3. The van der Waals surface area contributed by atoms with E-state index in [1.165, 1.54) is 4.90 Å². The summed E-state index contributed by atoms with van der Waals surface area (Å²) in [5, 5.41) is 8.28. The van der Waals surface area contributed by atoms with Gasteiger partial charge >= 0.3 is 12.0 Å². The van der Waals surface area contributed by atoms with Crippen LogP contribution in [-0.2, 0) is 28.7 Å². The Morgan fingerprint density at radius 1 is 0.837 bits per heavy atom. The molecule has 0 aromatic rings. The number of primary amides is 1. The number of hydrogen-bond donors (Lipinski definition) is 4. The van der Waals surface area contributed by atoms with Crippen LogP contribution in [0.2, 0.25) is 0 Å². The van der Waals surface area contributed by atoms with Crippen molar-refractivity contribution >= 4 is 35.5 Å². The molecule has 0 aromatic carbocycles. The molecule has 3 aliphatic rings. The van der Waals surface area contributed by atoms with Gasteiger partial charge in [0.2, 0.25) is 17.6 Å². The van der Waals surface area contributed by atoms with Gasteiger partial charge in [-0.05, 0) is 70.1 Å². The van der Waals surface area contributed by atoms with Crippen LogP contribution in [0.3, 0.4) is 0 Å². The molecule has 3 rings (SSSR count). The topological polar surface area (TPSA) is 177 Å². The van der Waals surface area contributed by atoms with Gasteiger partial charge < -0.3 is 31.3 Å². The number of carbonyl (C=O) groups excluding carboxylic acids is 6. The molecule has 5 N–H and O–H groups in total. The molecule has 3 unspecified atom stereocenters. The number of nitrogens with zero attached hydrogens (tertiary/aromatic N) is 1. The first-order valence-electron chi connectivity index (χ1n) is 15.7. The van der Waals surface area contributed by atoms with Crippen molar-refractivity contribution in [1.29, 1.82) is 0 Å². The van der Waals surface area contributed by atoms with Gasteiger partial charge in [0, 0.05) is 6.54 Å². The summed E-state index contributed by atoms with van der Waals surface area (Å²) in [4.78, 5) is 79.4. The molecular formula is C31H51N5O7. The van der Waals surface area contributed by atoms with Gasteiger partial charge in [-0.3, -0.25) is 19.2 Å². The molecule has 0 spiro atoms. The Morgan fingerprint density at radius 2 is 1.47 bits per heavy atom. The molecule has 1 saturated heterocycles. The van der Waals surface area contributed by atoms with Crippen LogP contribution in [0.15, 0.2) is 0 Å². The minimum absolute atomic E-state index is 0.125. The number of carbonyl (C=O) groups is 6. The molecule has 43 heavy (non-hydrogen) atoms. The van der Waals surface area contributed by atoms with Gasteiger partial charge in [0.1, 0.15) is 23.7 Å². The number of rotatable bonds is 11. The maximum Gasteiger partial charge on any atom is 0.329 e. The maximum absolute atomic E-state index is 14.0. The Bertz CT molecular complexity index is 1070. The standard InChI is InChI=1S/C31H51N5O7/c1-30(2,3)24(28(41)43-31(4,5)6)35-29(42)34-22(19-13-7-8-14-19)27(40)36-16-10-15-21(36)26(39)33-20(23(37)25(32)38)17-18-11-9-12-18/h18-22,24H,7-17H2,1-6H3,(H2,32,38)(H,33,39)(H2,34,35,42)/t20?,21-,22?,24?/m0/s1. The molecule has 12 nitrogen and oxygen atoms in total. The third-order valence-corrected chi connectivity index (χ3v) is 8.72. The Labute approximate surface area is 255 Å². The van der Waals surface area contributed by atoms with Gasteiger partial charge in [-0.25, -0.2) is 9.59 Å². The SMILES string of the molecule is CC(C)(C)OC(=O)C(NC(=O)NC(C(=O)N1CCC[C@H]1C(=O)NC(CC1CCC1)C(=O)C(N)=O)C1CCCC1)C(C)(C)C. The molecule has 2 aliphatic carbocycles. The molecule has 12 heteroatoms. The quantitative estimate of drug-likeness (QED) is 0.206. The van der Waals surface area contributed by atoms with Gasteiger partial charge in [0.25, 0.3) is 5.91 Å². The van der Waals surface area contributed by atoms with Crippen molar-refractivity contribution in [3.05, 3.63) is 0 Å². The summed E-state index contributed by atoms with van der Waals surface area (Å²) in [6.07, 6.45) is 7.53. The average Bonchev–Trinajstić information content (AvgIpc) is 3.57. The van der Waals surface area contributed by atoms with Crippen molar-refractivity contribution in [2.75, 3.05) is 6.54 Å². The zero-order valence-electron chi connectivity index (χ0n) is 26.6. The van der Waals surface area contributed by atoms with Crippen molar-refractivity contribution < 1.29 is 33.5 Å². The largest absolute Gasteiger partial charge is 0.458 e. The maximum atomic E-state index is 14.0. The molecular weight excluding hydrogens is 554 g/mol. The van der Waals surface area contributed by atoms with E-state index in [2.05, 4.69) is 16.0 Å². The minimum Gasteiger partial charge on any atom is -0.458 e. The normalized spacial score (nSPS) is 21.7. The lowest BCUT2D eigenvalue weighted by molar-refractivity contribution is -0.160. The van der Waals surface area contributed by atoms with Gasteiger partial charge in [0.05, 0.1) is 6.04 Å². The first-order valence-corrected chi connectivity index (χ1v) is 15.7. The molecule has 2 saturated carbocycles. The molecule has 0 aromatic heterocycles. The highest BCUT2D eigenvalue weighted by Gasteiger charge is 2.43. The van der Waals surface area contributed by atoms with E-state index in [-0.39, 0.29) is 17.7 Å². The molecule has 242 valence electrons. The predicted octanol–water partition coefficient (Wildman–Crippen LogP) is 2.32. The Morgan fingerprint density at radius 3 is 1.98 bits per heavy atom. The number of likely N-dealkylation sites (tertiary alicyclic amines) is 1. The van der Waals surface area contributed by atoms with E-state index in [1.807, 2.05) is 20.8 Å². The van der Waals surface area contributed by atoms with E-state index in [0.717, 1.165) is 44.9 Å². The summed E-state index contributed by atoms with van der Waals surface area (Å²) >= 11 is 0. The summed E-state index contributed by atoms with van der Waals surface area (Å²) in [6, 6.07) is -4.39. The molecule has 0 radical (unpaired) electrons. The fraction of sp³-hybridized carbons (Fsp3) is 0.806. The van der Waals surface area contributed by atoms with Crippen LogP contribution >= 0.6 is 0 Å². The highest BCUT2D eigenvalue weighted by atomic mass is 16.6. The van der Waals surface area contributed by atoms with E-state index in [1.54, 1.807) is 20.8 Å². The van der Waals surface area contributed by atoms with Crippen LogP contribution in [-0.4, -0.2) is 76.7 Å². The van der Waals surface area contributed by atoms with E-state index >= 15 is 0 Å². The zero-order chi connectivity index (χ0) is 32.1. The summed E-state index contributed by atoms with van der Waals surface area (Å²) in [5.74, 6) is -3.27. The highest BCUT2D eigenvalue weighted by molar-refractivity contribution is 6.37. The number of nitrogens with two attached hydrogens (primary N) is 1. The van der Waals surface area contributed by atoms with Crippen molar-refractivity contribution in [1.82, 2.24) is 20.9 Å². The van der Waals surface area contributed by atoms with Crippen molar-refractivity contribution in [2.45, 2.75) is 136 Å². The van der Waals surface area contributed by atoms with Gasteiger partial charge in [-0.1, -0.05) is 52.9 Å². The first-order chi connectivity index (χ1) is 20.0. The van der Waals surface area contributed by atoms with Gasteiger partial charge in [-0.15, -0.1) is 0 Å². The number of Topliss-reactive ketones (excluding diaryl/α,β-unsaturated/α-hetero) is 1. The van der Waals surface area contributed by atoms with E-state index in [4.69, 9.17) is 10.5 Å². The van der Waals surface area contributed by atoms with E-state index in [9.17, 15) is 28.8 Å². The Kier molecular flexibility index (Phi) is 11.2. The highest BCUT2D eigenvalue weighted by Crippen LogP contribution is 2.32. The fourth-order valence-corrected chi connectivity index (χ4v) is 6.19. The lowest BCUT2D eigenvalue weighted by atomic mass is 9.80. The summed E-state index contributed by atoms with van der Waals surface area (Å²) in [5.41, 5.74) is 3.85. The molecule has 1 heterocycles. The third kappa shape index (κ3) is 9.40. The lowest BCUT2D eigenvalue weighted by Crippen LogP contribution is -2.60.